The van der Waals surface area contributed by atoms with E-state index < -0.39 is 0 Å². The molecule has 0 aliphatic heterocycles. The van der Waals surface area contributed by atoms with Gasteiger partial charge in [-0.3, -0.25) is 0 Å². The van der Waals surface area contributed by atoms with Crippen molar-refractivity contribution in [1.29, 1.82) is 0 Å². The first-order valence-electron chi connectivity index (χ1n) is 4.64. The smallest absolute Gasteiger partial charge is 0.119 e. The molecule has 0 radical (unpaired) electrons. The summed E-state index contributed by atoms with van der Waals surface area (Å²) in [5.74, 6) is 3.44. The minimum atomic E-state index is 0.629. The van der Waals surface area contributed by atoms with Gasteiger partial charge in [-0.15, -0.1) is 6.42 Å². The Morgan fingerprint density at radius 3 is 3.07 bits per heavy atom. The molecule has 0 spiro atoms. The first-order chi connectivity index (χ1) is 6.86. The molecule has 0 atom stereocenters. The molecule has 0 bridgehead atoms. The van der Waals surface area contributed by atoms with Crippen LogP contribution < -0.4 is 10.1 Å². The Bertz CT molecular complexity index is 314. The molecule has 0 aliphatic carbocycles. The predicted octanol–water partition coefficient (Wildman–Crippen LogP) is 1.46. The van der Waals surface area contributed by atoms with Crippen molar-refractivity contribution >= 4 is 0 Å². The van der Waals surface area contributed by atoms with Gasteiger partial charge < -0.3 is 10.1 Å². The third-order valence-electron chi connectivity index (χ3n) is 1.95. The fourth-order valence-electron chi connectivity index (χ4n) is 1.22. The van der Waals surface area contributed by atoms with Crippen molar-refractivity contribution in [3.8, 4) is 18.1 Å². The molecule has 1 aromatic rings. The zero-order chi connectivity index (χ0) is 10.2. The van der Waals surface area contributed by atoms with Gasteiger partial charge in [-0.1, -0.05) is 18.1 Å². The van der Waals surface area contributed by atoms with E-state index in [9.17, 15) is 0 Å². The Balaban J connectivity index is 2.39. The molecule has 0 saturated heterocycles. The highest BCUT2D eigenvalue weighted by Crippen LogP contribution is 2.12. The maximum Gasteiger partial charge on any atom is 0.119 e. The molecule has 2 heteroatoms. The van der Waals surface area contributed by atoms with Gasteiger partial charge in [0.25, 0.3) is 0 Å². The summed E-state index contributed by atoms with van der Waals surface area (Å²) >= 11 is 0. The van der Waals surface area contributed by atoms with Crippen molar-refractivity contribution in [3.05, 3.63) is 29.8 Å². The van der Waals surface area contributed by atoms with E-state index in [1.54, 1.807) is 7.11 Å². The van der Waals surface area contributed by atoms with E-state index in [2.05, 4.69) is 17.3 Å². The number of terminal acetylenes is 1. The standard InChI is InChI=1S/C12H15NO/c1-3-8-13-9-7-11-5-4-6-12(10-11)14-2/h1,4-6,10,13H,7-9H2,2H3. The van der Waals surface area contributed by atoms with Gasteiger partial charge >= 0.3 is 0 Å². The Kier molecular flexibility index (Phi) is 4.60. The maximum atomic E-state index is 5.13. The number of benzene rings is 1. The van der Waals surface area contributed by atoms with Crippen molar-refractivity contribution in [2.45, 2.75) is 6.42 Å². The van der Waals surface area contributed by atoms with Gasteiger partial charge in [0.15, 0.2) is 0 Å². The SMILES string of the molecule is C#CCNCCc1cccc(OC)c1. The lowest BCUT2D eigenvalue weighted by molar-refractivity contribution is 0.414. The van der Waals surface area contributed by atoms with Crippen LogP contribution in [0.3, 0.4) is 0 Å². The third-order valence-corrected chi connectivity index (χ3v) is 1.95. The van der Waals surface area contributed by atoms with Gasteiger partial charge in [0.1, 0.15) is 5.75 Å². The molecule has 0 aliphatic rings. The molecule has 0 heterocycles. The van der Waals surface area contributed by atoms with Gasteiger partial charge in [-0.2, -0.15) is 0 Å². The number of hydrogen-bond acceptors (Lipinski definition) is 2. The molecular formula is C12H15NO. The van der Waals surface area contributed by atoms with Crippen LogP contribution in [0.2, 0.25) is 0 Å². The number of methoxy groups -OCH3 is 1. The van der Waals surface area contributed by atoms with Crippen LogP contribution in [0.4, 0.5) is 0 Å². The summed E-state index contributed by atoms with van der Waals surface area (Å²) in [7, 11) is 1.68. The van der Waals surface area contributed by atoms with Crippen LogP contribution in [-0.4, -0.2) is 20.2 Å². The van der Waals surface area contributed by atoms with E-state index in [1.807, 2.05) is 18.2 Å². The van der Waals surface area contributed by atoms with Crippen LogP contribution in [-0.2, 0) is 6.42 Å². The molecule has 0 aromatic heterocycles. The zero-order valence-electron chi connectivity index (χ0n) is 8.42. The molecule has 0 amide bonds. The Morgan fingerprint density at radius 1 is 1.50 bits per heavy atom. The second-order valence-corrected chi connectivity index (χ2v) is 2.98. The second-order valence-electron chi connectivity index (χ2n) is 2.98. The summed E-state index contributed by atoms with van der Waals surface area (Å²) in [6.07, 6.45) is 6.09. The monoisotopic (exact) mass is 189 g/mol. The van der Waals surface area contributed by atoms with E-state index in [0.29, 0.717) is 6.54 Å². The van der Waals surface area contributed by atoms with E-state index in [4.69, 9.17) is 11.2 Å². The summed E-state index contributed by atoms with van der Waals surface area (Å²) < 4.78 is 5.13. The average molecular weight is 189 g/mol. The Morgan fingerprint density at radius 2 is 2.36 bits per heavy atom. The van der Waals surface area contributed by atoms with Crippen molar-refractivity contribution in [2.75, 3.05) is 20.2 Å². The Hall–Kier alpha value is -1.46. The van der Waals surface area contributed by atoms with Gasteiger partial charge in [0.2, 0.25) is 0 Å². The van der Waals surface area contributed by atoms with Crippen molar-refractivity contribution in [3.63, 3.8) is 0 Å². The fourth-order valence-corrected chi connectivity index (χ4v) is 1.22. The Labute approximate surface area is 85.3 Å². The van der Waals surface area contributed by atoms with Crippen molar-refractivity contribution in [1.82, 2.24) is 5.32 Å². The number of rotatable bonds is 5. The van der Waals surface area contributed by atoms with Gasteiger partial charge in [-0.05, 0) is 24.1 Å². The highest BCUT2D eigenvalue weighted by atomic mass is 16.5. The predicted molar refractivity (Wildman–Crippen MR) is 58.4 cm³/mol. The number of ether oxygens (including phenoxy) is 1. The first-order valence-corrected chi connectivity index (χ1v) is 4.64. The maximum absolute atomic E-state index is 5.13. The van der Waals surface area contributed by atoms with E-state index in [-0.39, 0.29) is 0 Å². The van der Waals surface area contributed by atoms with Crippen LogP contribution in [0.25, 0.3) is 0 Å². The molecule has 0 unspecified atom stereocenters. The molecule has 0 saturated carbocycles. The highest BCUT2D eigenvalue weighted by molar-refractivity contribution is 5.28. The lowest BCUT2D eigenvalue weighted by Gasteiger charge is -2.04. The van der Waals surface area contributed by atoms with Crippen LogP contribution in [0.1, 0.15) is 5.56 Å². The second kappa shape index (κ2) is 6.06. The van der Waals surface area contributed by atoms with Crippen molar-refractivity contribution in [2.24, 2.45) is 0 Å². The molecule has 1 aromatic carbocycles. The van der Waals surface area contributed by atoms with Crippen LogP contribution in [0.15, 0.2) is 24.3 Å². The molecule has 74 valence electrons. The van der Waals surface area contributed by atoms with E-state index in [0.717, 1.165) is 18.7 Å². The fraction of sp³-hybridized carbons (Fsp3) is 0.333. The zero-order valence-corrected chi connectivity index (χ0v) is 8.42. The van der Waals surface area contributed by atoms with E-state index >= 15 is 0 Å². The van der Waals surface area contributed by atoms with Crippen LogP contribution in [0, 0.1) is 12.3 Å². The average Bonchev–Trinajstić information content (AvgIpc) is 2.25. The number of nitrogens with one attached hydrogen (secondary N) is 1. The largest absolute Gasteiger partial charge is 0.497 e. The molecule has 1 N–H and O–H groups in total. The quantitative estimate of drug-likeness (QED) is 0.559. The minimum Gasteiger partial charge on any atom is -0.497 e. The summed E-state index contributed by atoms with van der Waals surface area (Å²) in [6.45, 7) is 1.53. The van der Waals surface area contributed by atoms with Crippen LogP contribution in [0.5, 0.6) is 5.75 Å². The number of hydrogen-bond donors (Lipinski definition) is 1. The summed E-state index contributed by atoms with van der Waals surface area (Å²) in [6, 6.07) is 8.06. The summed E-state index contributed by atoms with van der Waals surface area (Å²) in [5, 5.41) is 3.14. The van der Waals surface area contributed by atoms with Crippen molar-refractivity contribution < 1.29 is 4.74 Å². The molecule has 0 fully saturated rings. The van der Waals surface area contributed by atoms with Crippen LogP contribution >= 0.6 is 0 Å². The van der Waals surface area contributed by atoms with Gasteiger partial charge in [0.05, 0.1) is 13.7 Å². The van der Waals surface area contributed by atoms with E-state index in [1.165, 1.54) is 5.56 Å². The van der Waals surface area contributed by atoms with Gasteiger partial charge in [-0.25, -0.2) is 0 Å². The summed E-state index contributed by atoms with van der Waals surface area (Å²) in [4.78, 5) is 0. The molecule has 1 rings (SSSR count). The molecule has 2 nitrogen and oxygen atoms in total. The topological polar surface area (TPSA) is 21.3 Å². The lowest BCUT2D eigenvalue weighted by atomic mass is 10.1. The van der Waals surface area contributed by atoms with Gasteiger partial charge in [0, 0.05) is 6.54 Å². The first kappa shape index (κ1) is 10.6. The minimum absolute atomic E-state index is 0.629. The molecular weight excluding hydrogens is 174 g/mol. The molecule has 14 heavy (non-hydrogen) atoms. The highest BCUT2D eigenvalue weighted by Gasteiger charge is 1.94. The summed E-state index contributed by atoms with van der Waals surface area (Å²) in [5.41, 5.74) is 1.26. The lowest BCUT2D eigenvalue weighted by Crippen LogP contribution is -2.17. The normalized spacial score (nSPS) is 9.43. The third kappa shape index (κ3) is 3.51.